The van der Waals surface area contributed by atoms with Crippen LogP contribution in [0.1, 0.15) is 5.56 Å². The van der Waals surface area contributed by atoms with Crippen molar-refractivity contribution in [1.82, 2.24) is 14.8 Å². The van der Waals surface area contributed by atoms with Gasteiger partial charge in [-0.3, -0.25) is 9.67 Å². The molecular formula is C11H12N4. The second-order valence-corrected chi connectivity index (χ2v) is 3.93. The van der Waals surface area contributed by atoms with Crippen molar-refractivity contribution in [3.8, 4) is 11.3 Å². The van der Waals surface area contributed by atoms with E-state index in [0.29, 0.717) is 0 Å². The highest BCUT2D eigenvalue weighted by molar-refractivity contribution is 5.80. The van der Waals surface area contributed by atoms with Gasteiger partial charge in [0.15, 0.2) is 0 Å². The summed E-state index contributed by atoms with van der Waals surface area (Å²) in [6, 6.07) is 2.02. The molecule has 4 heteroatoms. The van der Waals surface area contributed by atoms with E-state index in [1.165, 1.54) is 11.1 Å². The lowest BCUT2D eigenvalue weighted by Gasteiger charge is -2.25. The van der Waals surface area contributed by atoms with Crippen molar-refractivity contribution in [1.29, 1.82) is 0 Å². The molecule has 2 aromatic rings. The third-order valence-electron chi connectivity index (χ3n) is 2.78. The fraction of sp³-hybridized carbons (Fsp3) is 0.273. The summed E-state index contributed by atoms with van der Waals surface area (Å²) in [5, 5.41) is 4.49. The average Bonchev–Trinajstić information content (AvgIpc) is 2.59. The van der Waals surface area contributed by atoms with Crippen molar-refractivity contribution in [2.75, 3.05) is 11.9 Å². The third kappa shape index (κ3) is 1.14. The van der Waals surface area contributed by atoms with Crippen LogP contribution in [-0.2, 0) is 13.6 Å². The van der Waals surface area contributed by atoms with E-state index >= 15 is 0 Å². The standard InChI is InChI=1S/C11H12N4/c1-14-6-8-7-15(2)13-11(8)9-3-4-12-5-10(9)14/h3-5,7H,6H2,1-2H3. The zero-order chi connectivity index (χ0) is 10.4. The number of nitrogens with zero attached hydrogens (tertiary/aromatic N) is 4. The van der Waals surface area contributed by atoms with Gasteiger partial charge in [0.25, 0.3) is 0 Å². The second-order valence-electron chi connectivity index (χ2n) is 3.93. The van der Waals surface area contributed by atoms with Crippen molar-refractivity contribution in [2.24, 2.45) is 7.05 Å². The summed E-state index contributed by atoms with van der Waals surface area (Å²) in [7, 11) is 4.04. The Bertz CT molecular complexity index is 515. The van der Waals surface area contributed by atoms with Gasteiger partial charge in [0.2, 0.25) is 0 Å². The summed E-state index contributed by atoms with van der Waals surface area (Å²) in [5.74, 6) is 0. The largest absolute Gasteiger partial charge is 0.368 e. The Balaban J connectivity index is 2.29. The van der Waals surface area contributed by atoms with Gasteiger partial charge in [0, 0.05) is 44.2 Å². The molecule has 0 N–H and O–H groups in total. The van der Waals surface area contributed by atoms with Gasteiger partial charge in [0.05, 0.1) is 17.6 Å². The fourth-order valence-corrected chi connectivity index (χ4v) is 2.11. The summed E-state index contributed by atoms with van der Waals surface area (Å²) in [5.41, 5.74) is 4.70. The Labute approximate surface area is 88.2 Å². The molecule has 0 aliphatic carbocycles. The highest BCUT2D eigenvalue weighted by Gasteiger charge is 2.22. The lowest BCUT2D eigenvalue weighted by molar-refractivity contribution is 0.770. The number of anilines is 1. The zero-order valence-electron chi connectivity index (χ0n) is 8.81. The topological polar surface area (TPSA) is 34.0 Å². The minimum absolute atomic E-state index is 0.905. The maximum atomic E-state index is 4.49. The smallest absolute Gasteiger partial charge is 0.0994 e. The minimum atomic E-state index is 0.905. The predicted octanol–water partition coefficient (Wildman–Crippen LogP) is 1.43. The summed E-state index contributed by atoms with van der Waals surface area (Å²) < 4.78 is 1.87. The molecule has 0 fully saturated rings. The van der Waals surface area contributed by atoms with Crippen molar-refractivity contribution in [2.45, 2.75) is 6.54 Å². The van der Waals surface area contributed by atoms with Crippen LogP contribution in [0.4, 0.5) is 5.69 Å². The Morgan fingerprint density at radius 2 is 2.20 bits per heavy atom. The molecule has 0 aromatic carbocycles. The van der Waals surface area contributed by atoms with Crippen molar-refractivity contribution >= 4 is 5.69 Å². The van der Waals surface area contributed by atoms with Gasteiger partial charge in [0.1, 0.15) is 0 Å². The Morgan fingerprint density at radius 3 is 3.07 bits per heavy atom. The van der Waals surface area contributed by atoms with E-state index in [0.717, 1.165) is 17.9 Å². The van der Waals surface area contributed by atoms with E-state index in [1.54, 1.807) is 0 Å². The first-order chi connectivity index (χ1) is 7.25. The number of pyridine rings is 1. The molecule has 0 bridgehead atoms. The van der Waals surface area contributed by atoms with Crippen molar-refractivity contribution in [3.05, 3.63) is 30.2 Å². The number of hydrogen-bond acceptors (Lipinski definition) is 3. The molecule has 3 heterocycles. The highest BCUT2D eigenvalue weighted by Crippen LogP contribution is 2.36. The van der Waals surface area contributed by atoms with E-state index in [4.69, 9.17) is 0 Å². The third-order valence-corrected chi connectivity index (χ3v) is 2.78. The molecule has 0 radical (unpaired) electrons. The van der Waals surface area contributed by atoms with Gasteiger partial charge < -0.3 is 4.90 Å². The first-order valence-electron chi connectivity index (χ1n) is 4.94. The van der Waals surface area contributed by atoms with E-state index < -0.39 is 0 Å². The van der Waals surface area contributed by atoms with Crippen LogP contribution in [0.25, 0.3) is 11.3 Å². The van der Waals surface area contributed by atoms with Crippen LogP contribution in [0.5, 0.6) is 0 Å². The molecule has 4 nitrogen and oxygen atoms in total. The molecule has 2 aromatic heterocycles. The van der Waals surface area contributed by atoms with Gasteiger partial charge in [-0.15, -0.1) is 0 Å². The average molecular weight is 200 g/mol. The zero-order valence-corrected chi connectivity index (χ0v) is 8.81. The van der Waals surface area contributed by atoms with E-state index in [2.05, 4.69) is 28.2 Å². The Kier molecular flexibility index (Phi) is 1.59. The Morgan fingerprint density at radius 1 is 1.33 bits per heavy atom. The molecule has 0 saturated carbocycles. The molecule has 0 unspecified atom stereocenters. The molecule has 1 aliphatic heterocycles. The van der Waals surface area contributed by atoms with Crippen LogP contribution in [0.3, 0.4) is 0 Å². The summed E-state index contributed by atoms with van der Waals surface area (Å²) in [6.45, 7) is 0.905. The number of aryl methyl sites for hydroxylation is 1. The minimum Gasteiger partial charge on any atom is -0.368 e. The highest BCUT2D eigenvalue weighted by atomic mass is 15.3. The molecule has 0 amide bonds. The van der Waals surface area contributed by atoms with E-state index in [1.807, 2.05) is 30.2 Å². The number of rotatable bonds is 0. The molecule has 1 aliphatic rings. The molecule has 15 heavy (non-hydrogen) atoms. The number of fused-ring (bicyclic) bond motifs is 3. The molecule has 0 saturated heterocycles. The van der Waals surface area contributed by atoms with E-state index in [-0.39, 0.29) is 0 Å². The van der Waals surface area contributed by atoms with Gasteiger partial charge in [-0.25, -0.2) is 0 Å². The summed E-state index contributed by atoms with van der Waals surface area (Å²) in [4.78, 5) is 6.35. The SMILES string of the molecule is CN1Cc2cn(C)nc2-c2ccncc21. The van der Waals surface area contributed by atoms with Crippen molar-refractivity contribution in [3.63, 3.8) is 0 Å². The van der Waals surface area contributed by atoms with Crippen LogP contribution >= 0.6 is 0 Å². The summed E-state index contributed by atoms with van der Waals surface area (Å²) >= 11 is 0. The molecular weight excluding hydrogens is 188 g/mol. The first-order valence-corrected chi connectivity index (χ1v) is 4.94. The lowest BCUT2D eigenvalue weighted by atomic mass is 10.0. The molecule has 0 spiro atoms. The number of aromatic nitrogens is 3. The number of hydrogen-bond donors (Lipinski definition) is 0. The van der Waals surface area contributed by atoms with Gasteiger partial charge >= 0.3 is 0 Å². The second kappa shape index (κ2) is 2.82. The normalized spacial score (nSPS) is 13.6. The quantitative estimate of drug-likeness (QED) is 0.645. The monoisotopic (exact) mass is 200 g/mol. The summed E-state index contributed by atoms with van der Waals surface area (Å²) in [6.07, 6.45) is 5.79. The van der Waals surface area contributed by atoms with Crippen LogP contribution in [-0.4, -0.2) is 21.8 Å². The molecule has 3 rings (SSSR count). The van der Waals surface area contributed by atoms with Crippen LogP contribution in [0, 0.1) is 0 Å². The van der Waals surface area contributed by atoms with Gasteiger partial charge in [-0.2, -0.15) is 5.10 Å². The Hall–Kier alpha value is -1.84. The van der Waals surface area contributed by atoms with Crippen LogP contribution in [0.15, 0.2) is 24.7 Å². The molecule has 0 atom stereocenters. The maximum absolute atomic E-state index is 4.49. The fourth-order valence-electron chi connectivity index (χ4n) is 2.11. The first kappa shape index (κ1) is 8.47. The van der Waals surface area contributed by atoms with Crippen LogP contribution in [0.2, 0.25) is 0 Å². The van der Waals surface area contributed by atoms with Gasteiger partial charge in [-0.05, 0) is 6.07 Å². The lowest BCUT2D eigenvalue weighted by Crippen LogP contribution is -2.21. The van der Waals surface area contributed by atoms with Crippen LogP contribution < -0.4 is 4.90 Å². The molecule has 76 valence electrons. The van der Waals surface area contributed by atoms with E-state index in [9.17, 15) is 0 Å². The predicted molar refractivity (Wildman–Crippen MR) is 58.5 cm³/mol. The van der Waals surface area contributed by atoms with Gasteiger partial charge in [-0.1, -0.05) is 0 Å². The maximum Gasteiger partial charge on any atom is 0.0994 e. The van der Waals surface area contributed by atoms with Crippen molar-refractivity contribution < 1.29 is 0 Å².